The van der Waals surface area contributed by atoms with Crippen LogP contribution in [0.4, 0.5) is 0 Å². The molecule has 1 unspecified atom stereocenters. The van der Waals surface area contributed by atoms with E-state index in [1.165, 1.54) is 0 Å². The molecule has 0 spiro atoms. The van der Waals surface area contributed by atoms with Crippen LogP contribution >= 0.6 is 8.58 Å². The highest BCUT2D eigenvalue weighted by Crippen LogP contribution is 2.12. The second kappa shape index (κ2) is 9.16. The predicted octanol–water partition coefficient (Wildman–Crippen LogP) is 0.754. The quantitative estimate of drug-likeness (QED) is 0.512. The van der Waals surface area contributed by atoms with Gasteiger partial charge in [-0.3, -0.25) is 9.59 Å². The second-order valence-corrected chi connectivity index (χ2v) is 6.66. The van der Waals surface area contributed by atoms with E-state index < -0.39 is 0 Å². The highest BCUT2D eigenvalue weighted by molar-refractivity contribution is 7.55. The zero-order valence-electron chi connectivity index (χ0n) is 13.6. The first-order valence-electron chi connectivity index (χ1n) is 7.81. The molecule has 0 bridgehead atoms. The van der Waals surface area contributed by atoms with Gasteiger partial charge in [-0.2, -0.15) is 0 Å². The Balaban J connectivity index is 1.96. The van der Waals surface area contributed by atoms with E-state index in [0.717, 1.165) is 17.0 Å². The van der Waals surface area contributed by atoms with Gasteiger partial charge in [-0.1, -0.05) is 32.8 Å². The fourth-order valence-electron chi connectivity index (χ4n) is 2.13. The Bertz CT molecular complexity index is 684. The van der Waals surface area contributed by atoms with E-state index >= 15 is 0 Å². The molecule has 2 amide bonds. The molecular weight excluding hydrogens is 321 g/mol. The van der Waals surface area contributed by atoms with Crippen molar-refractivity contribution >= 4 is 31.0 Å². The van der Waals surface area contributed by atoms with E-state index in [1.807, 2.05) is 48.5 Å². The minimum Gasteiger partial charge on any atom is -0.355 e. The van der Waals surface area contributed by atoms with Gasteiger partial charge in [-0.25, -0.2) is 0 Å². The Hall–Kier alpha value is -2.23. The Morgan fingerprint density at radius 1 is 0.917 bits per heavy atom. The van der Waals surface area contributed by atoms with Crippen LogP contribution in [0.15, 0.2) is 48.5 Å². The number of hydrogen-bond donors (Lipinski definition) is 3. The van der Waals surface area contributed by atoms with E-state index in [9.17, 15) is 9.59 Å². The van der Waals surface area contributed by atoms with Gasteiger partial charge in [-0.15, -0.1) is 0 Å². The van der Waals surface area contributed by atoms with Crippen molar-refractivity contribution in [2.45, 2.75) is 6.42 Å². The molecule has 5 nitrogen and oxygen atoms in total. The minimum atomic E-state index is -0.0881. The molecule has 4 N–H and O–H groups in total. The van der Waals surface area contributed by atoms with Crippen LogP contribution in [0.3, 0.4) is 0 Å². The van der Waals surface area contributed by atoms with E-state index in [-0.39, 0.29) is 11.8 Å². The topological polar surface area (TPSA) is 84.2 Å². The molecule has 0 heterocycles. The van der Waals surface area contributed by atoms with E-state index in [4.69, 9.17) is 5.73 Å². The molecule has 0 aliphatic heterocycles. The summed E-state index contributed by atoms with van der Waals surface area (Å²) in [5.41, 5.74) is 6.71. The molecule has 0 aliphatic rings. The van der Waals surface area contributed by atoms with Crippen LogP contribution in [0.5, 0.6) is 0 Å². The van der Waals surface area contributed by atoms with Crippen molar-refractivity contribution in [2.75, 3.05) is 20.1 Å². The molecule has 0 saturated carbocycles. The van der Waals surface area contributed by atoms with Crippen LogP contribution in [-0.4, -0.2) is 32.0 Å². The molecule has 2 rings (SSSR count). The summed E-state index contributed by atoms with van der Waals surface area (Å²) in [5.74, 6) is -0.164. The smallest absolute Gasteiger partial charge is 0.251 e. The van der Waals surface area contributed by atoms with Crippen molar-refractivity contribution in [3.63, 3.8) is 0 Å². The fourth-order valence-corrected chi connectivity index (χ4v) is 3.13. The molecule has 24 heavy (non-hydrogen) atoms. The number of nitrogens with two attached hydrogens (primary N) is 1. The summed E-state index contributed by atoms with van der Waals surface area (Å²) in [4.78, 5) is 23.5. The predicted molar refractivity (Wildman–Crippen MR) is 99.9 cm³/mol. The molecule has 1 atom stereocenters. The third-order valence-corrected chi connectivity index (χ3v) is 4.72. The van der Waals surface area contributed by atoms with Crippen molar-refractivity contribution in [1.29, 1.82) is 0 Å². The lowest BCUT2D eigenvalue weighted by Gasteiger charge is -2.07. The zero-order valence-corrected chi connectivity index (χ0v) is 14.6. The largest absolute Gasteiger partial charge is 0.355 e. The lowest BCUT2D eigenvalue weighted by atomic mass is 10.2. The minimum absolute atomic E-state index is 0.0757. The third-order valence-electron chi connectivity index (χ3n) is 3.48. The first-order valence-corrected chi connectivity index (χ1v) is 8.81. The standard InChI is InChI=1S/C18H22N3O2P/c1-20-17(22)13-3-7-15(8-4-13)24-16-9-5-14(6-10-16)18(23)21-12-2-11-19/h3-10,24H,2,11-12,19H2,1H3,(H,20,22)(H,21,23). The first kappa shape index (κ1) is 18.1. The lowest BCUT2D eigenvalue weighted by Crippen LogP contribution is -2.26. The normalized spacial score (nSPS) is 10.8. The maximum Gasteiger partial charge on any atom is 0.251 e. The Morgan fingerprint density at radius 2 is 1.42 bits per heavy atom. The van der Waals surface area contributed by atoms with E-state index in [0.29, 0.717) is 32.8 Å². The van der Waals surface area contributed by atoms with Crippen LogP contribution in [0.1, 0.15) is 27.1 Å². The highest BCUT2D eigenvalue weighted by atomic mass is 31.1. The third kappa shape index (κ3) is 5.15. The van der Waals surface area contributed by atoms with E-state index in [2.05, 4.69) is 10.6 Å². The molecule has 126 valence electrons. The van der Waals surface area contributed by atoms with Crippen molar-refractivity contribution < 1.29 is 9.59 Å². The highest BCUT2D eigenvalue weighted by Gasteiger charge is 2.06. The van der Waals surface area contributed by atoms with Crippen LogP contribution in [0.25, 0.3) is 0 Å². The van der Waals surface area contributed by atoms with Crippen molar-refractivity contribution in [2.24, 2.45) is 5.73 Å². The van der Waals surface area contributed by atoms with Gasteiger partial charge in [0.05, 0.1) is 0 Å². The molecular formula is C18H22N3O2P. The van der Waals surface area contributed by atoms with Crippen LogP contribution in [0, 0.1) is 0 Å². The molecule has 0 aromatic heterocycles. The average Bonchev–Trinajstić information content (AvgIpc) is 2.62. The van der Waals surface area contributed by atoms with Crippen LogP contribution in [-0.2, 0) is 0 Å². The van der Waals surface area contributed by atoms with Gasteiger partial charge in [0, 0.05) is 24.7 Å². The average molecular weight is 343 g/mol. The molecule has 0 fully saturated rings. The molecule has 6 heteroatoms. The van der Waals surface area contributed by atoms with Gasteiger partial charge in [0.2, 0.25) is 0 Å². The van der Waals surface area contributed by atoms with Gasteiger partial charge in [0.15, 0.2) is 0 Å². The number of rotatable bonds is 7. The van der Waals surface area contributed by atoms with Gasteiger partial charge in [0.25, 0.3) is 11.8 Å². The van der Waals surface area contributed by atoms with Gasteiger partial charge in [0.1, 0.15) is 0 Å². The first-order chi connectivity index (χ1) is 11.6. The van der Waals surface area contributed by atoms with Gasteiger partial charge < -0.3 is 16.4 Å². The summed E-state index contributed by atoms with van der Waals surface area (Å²) in [5, 5.41) is 7.72. The van der Waals surface area contributed by atoms with Crippen LogP contribution < -0.4 is 27.0 Å². The number of hydrogen-bond acceptors (Lipinski definition) is 3. The number of carbonyl (C=O) groups excluding carboxylic acids is 2. The maximum atomic E-state index is 11.9. The van der Waals surface area contributed by atoms with Crippen molar-refractivity contribution in [3.05, 3.63) is 59.7 Å². The zero-order chi connectivity index (χ0) is 17.4. The molecule has 0 aliphatic carbocycles. The number of benzene rings is 2. The Labute approximate surface area is 143 Å². The number of carbonyl (C=O) groups is 2. The van der Waals surface area contributed by atoms with Crippen molar-refractivity contribution in [1.82, 2.24) is 10.6 Å². The summed E-state index contributed by atoms with van der Waals surface area (Å²) in [6.07, 6.45) is 0.775. The maximum absolute atomic E-state index is 11.9. The monoisotopic (exact) mass is 343 g/mol. The SMILES string of the molecule is CNC(=O)c1ccc(Pc2ccc(C(=O)NCCCN)cc2)cc1. The number of amides is 2. The fraction of sp³-hybridized carbons (Fsp3) is 0.222. The van der Waals surface area contributed by atoms with E-state index in [1.54, 1.807) is 7.05 Å². The molecule has 2 aromatic carbocycles. The number of nitrogens with one attached hydrogen (secondary N) is 2. The molecule has 0 saturated heterocycles. The Kier molecular flexibility index (Phi) is 6.91. The molecule has 2 aromatic rings. The summed E-state index contributed by atoms with van der Waals surface area (Å²) >= 11 is 0. The van der Waals surface area contributed by atoms with Crippen molar-refractivity contribution in [3.8, 4) is 0 Å². The summed E-state index contributed by atoms with van der Waals surface area (Å²) in [7, 11) is 2.10. The lowest BCUT2D eigenvalue weighted by molar-refractivity contribution is 0.0949. The van der Waals surface area contributed by atoms with Crippen LogP contribution in [0.2, 0.25) is 0 Å². The summed E-state index contributed by atoms with van der Waals surface area (Å²) < 4.78 is 0. The molecule has 0 radical (unpaired) electrons. The van der Waals surface area contributed by atoms with Gasteiger partial charge in [-0.05, 0) is 47.8 Å². The van der Waals surface area contributed by atoms with Gasteiger partial charge >= 0.3 is 0 Å². The Morgan fingerprint density at radius 3 is 1.88 bits per heavy atom. The second-order valence-electron chi connectivity index (χ2n) is 5.26. The summed E-state index contributed by atoms with van der Waals surface area (Å²) in [6, 6.07) is 15.1. The summed E-state index contributed by atoms with van der Waals surface area (Å²) in [6.45, 7) is 1.16.